The number of benzene rings is 1. The Morgan fingerprint density at radius 1 is 1.44 bits per heavy atom. The monoisotopic (exact) mass is 315 g/mol. The van der Waals surface area contributed by atoms with E-state index < -0.39 is 6.10 Å². The maximum absolute atomic E-state index is 11.7. The van der Waals surface area contributed by atoms with Crippen LogP contribution in [-0.4, -0.2) is 28.8 Å². The lowest BCUT2D eigenvalue weighted by Gasteiger charge is -2.14. The number of halogens is 1. The number of aliphatic hydroxyl groups excluding tert-OH is 1. The minimum Gasteiger partial charge on any atom is -0.507 e. The van der Waals surface area contributed by atoms with Crippen molar-refractivity contribution in [1.82, 2.24) is 5.32 Å². The van der Waals surface area contributed by atoms with Crippen molar-refractivity contribution in [1.29, 1.82) is 0 Å². The van der Waals surface area contributed by atoms with E-state index in [9.17, 15) is 15.0 Å². The first-order chi connectivity index (χ1) is 8.40. The van der Waals surface area contributed by atoms with Gasteiger partial charge in [0.25, 0.3) is 5.91 Å². The predicted molar refractivity (Wildman–Crippen MR) is 73.6 cm³/mol. The minimum atomic E-state index is -0.544. The normalized spacial score (nSPS) is 12.5. The molecule has 0 heterocycles. The summed E-state index contributed by atoms with van der Waals surface area (Å²) in [6.45, 7) is 4.24. The van der Waals surface area contributed by atoms with Crippen LogP contribution in [0.1, 0.15) is 30.6 Å². The van der Waals surface area contributed by atoms with E-state index in [1.54, 1.807) is 12.1 Å². The number of carbonyl (C=O) groups excluding carboxylic acids is 1. The van der Waals surface area contributed by atoms with Gasteiger partial charge in [-0.1, -0.05) is 13.8 Å². The predicted octanol–water partition coefficient (Wildman–Crippen LogP) is 2.29. The van der Waals surface area contributed by atoms with Crippen molar-refractivity contribution in [2.45, 2.75) is 26.4 Å². The molecule has 0 aromatic heterocycles. The molecule has 5 heteroatoms. The van der Waals surface area contributed by atoms with Gasteiger partial charge in [0.1, 0.15) is 5.75 Å². The lowest BCUT2D eigenvalue weighted by Crippen LogP contribution is -2.32. The van der Waals surface area contributed by atoms with Crippen molar-refractivity contribution in [2.24, 2.45) is 5.92 Å². The number of rotatable bonds is 5. The number of hydrogen-bond donors (Lipinski definition) is 3. The van der Waals surface area contributed by atoms with Gasteiger partial charge in [0, 0.05) is 12.1 Å². The average Bonchev–Trinajstić information content (AvgIpc) is 2.28. The lowest BCUT2D eigenvalue weighted by molar-refractivity contribution is 0.0900. The van der Waals surface area contributed by atoms with Crippen molar-refractivity contribution in [3.05, 3.63) is 28.2 Å². The zero-order valence-electron chi connectivity index (χ0n) is 10.5. The Kier molecular flexibility index (Phi) is 5.62. The first-order valence-electron chi connectivity index (χ1n) is 5.85. The van der Waals surface area contributed by atoms with E-state index in [2.05, 4.69) is 21.2 Å². The average molecular weight is 316 g/mol. The highest BCUT2D eigenvalue weighted by Gasteiger charge is 2.11. The third-order valence-electron chi connectivity index (χ3n) is 2.45. The number of phenols is 1. The molecule has 1 aromatic carbocycles. The molecule has 1 atom stereocenters. The van der Waals surface area contributed by atoms with Crippen LogP contribution in [0.2, 0.25) is 0 Å². The summed E-state index contributed by atoms with van der Waals surface area (Å²) in [4.78, 5) is 11.7. The van der Waals surface area contributed by atoms with Crippen LogP contribution in [-0.2, 0) is 0 Å². The summed E-state index contributed by atoms with van der Waals surface area (Å²) in [5.74, 6) is 0.0969. The molecule has 1 unspecified atom stereocenters. The highest BCUT2D eigenvalue weighted by molar-refractivity contribution is 9.10. The van der Waals surface area contributed by atoms with Crippen LogP contribution in [0.15, 0.2) is 22.7 Å². The Morgan fingerprint density at radius 2 is 2.11 bits per heavy atom. The van der Waals surface area contributed by atoms with E-state index in [-0.39, 0.29) is 18.2 Å². The van der Waals surface area contributed by atoms with Gasteiger partial charge in [0.15, 0.2) is 0 Å². The van der Waals surface area contributed by atoms with Crippen molar-refractivity contribution in [2.75, 3.05) is 6.54 Å². The summed E-state index contributed by atoms with van der Waals surface area (Å²) < 4.78 is 0.541. The second kappa shape index (κ2) is 6.75. The van der Waals surface area contributed by atoms with Gasteiger partial charge in [-0.15, -0.1) is 0 Å². The fourth-order valence-electron chi connectivity index (χ4n) is 1.59. The van der Waals surface area contributed by atoms with E-state index in [1.165, 1.54) is 6.07 Å². The standard InChI is InChI=1S/C13H18BrNO3/c1-8(2)5-10(16)7-15-13(18)9-3-4-11(14)12(17)6-9/h3-4,6,8,10,16-17H,5,7H2,1-2H3,(H,15,18). The van der Waals surface area contributed by atoms with Gasteiger partial charge in [-0.25, -0.2) is 0 Å². The molecule has 100 valence electrons. The molecular formula is C13H18BrNO3. The quantitative estimate of drug-likeness (QED) is 0.781. The molecule has 0 fully saturated rings. The summed E-state index contributed by atoms with van der Waals surface area (Å²) in [6.07, 6.45) is 0.101. The van der Waals surface area contributed by atoms with E-state index in [0.29, 0.717) is 22.4 Å². The number of aromatic hydroxyl groups is 1. The first-order valence-corrected chi connectivity index (χ1v) is 6.64. The topological polar surface area (TPSA) is 69.6 Å². The summed E-state index contributed by atoms with van der Waals surface area (Å²) in [7, 11) is 0. The molecule has 0 spiro atoms. The fraction of sp³-hybridized carbons (Fsp3) is 0.462. The van der Waals surface area contributed by atoms with Crippen LogP contribution >= 0.6 is 15.9 Å². The van der Waals surface area contributed by atoms with Crippen LogP contribution in [0.4, 0.5) is 0 Å². The van der Waals surface area contributed by atoms with Gasteiger partial charge in [0.05, 0.1) is 10.6 Å². The Morgan fingerprint density at radius 3 is 2.67 bits per heavy atom. The molecule has 0 aliphatic rings. The van der Waals surface area contributed by atoms with Crippen molar-refractivity contribution < 1.29 is 15.0 Å². The number of aliphatic hydroxyl groups is 1. The van der Waals surface area contributed by atoms with Crippen LogP contribution < -0.4 is 5.32 Å². The van der Waals surface area contributed by atoms with Crippen molar-refractivity contribution in [3.63, 3.8) is 0 Å². The second-order valence-corrected chi connectivity index (χ2v) is 5.51. The molecule has 0 aliphatic heterocycles. The zero-order valence-corrected chi connectivity index (χ0v) is 12.1. The molecule has 0 aliphatic carbocycles. The number of carbonyl (C=O) groups is 1. The third-order valence-corrected chi connectivity index (χ3v) is 3.12. The molecule has 0 radical (unpaired) electrons. The summed E-state index contributed by atoms with van der Waals surface area (Å²) >= 11 is 3.15. The summed E-state index contributed by atoms with van der Waals surface area (Å²) in [6, 6.07) is 4.59. The van der Waals surface area contributed by atoms with Crippen LogP contribution in [0.5, 0.6) is 5.75 Å². The van der Waals surface area contributed by atoms with Gasteiger partial charge in [-0.3, -0.25) is 4.79 Å². The van der Waals surface area contributed by atoms with Crippen LogP contribution in [0.3, 0.4) is 0 Å². The minimum absolute atomic E-state index is 0.0189. The molecular weight excluding hydrogens is 298 g/mol. The van der Waals surface area contributed by atoms with Crippen molar-refractivity contribution in [3.8, 4) is 5.75 Å². The molecule has 0 bridgehead atoms. The molecule has 1 aromatic rings. The highest BCUT2D eigenvalue weighted by Crippen LogP contribution is 2.24. The fourth-order valence-corrected chi connectivity index (χ4v) is 1.84. The Balaban J connectivity index is 2.52. The molecule has 1 amide bonds. The van der Waals surface area contributed by atoms with E-state index >= 15 is 0 Å². The molecule has 3 N–H and O–H groups in total. The summed E-state index contributed by atoms with van der Waals surface area (Å²) in [5, 5.41) is 21.7. The summed E-state index contributed by atoms with van der Waals surface area (Å²) in [5.41, 5.74) is 0.368. The van der Waals surface area contributed by atoms with Gasteiger partial charge in [-0.2, -0.15) is 0 Å². The Labute approximate surface area is 115 Å². The maximum Gasteiger partial charge on any atom is 0.251 e. The molecule has 0 saturated carbocycles. The molecule has 4 nitrogen and oxygen atoms in total. The number of amides is 1. The number of phenolic OH excluding ortho intramolecular Hbond substituents is 1. The van der Waals surface area contributed by atoms with Gasteiger partial charge in [-0.05, 0) is 46.5 Å². The molecule has 18 heavy (non-hydrogen) atoms. The number of nitrogens with one attached hydrogen (secondary N) is 1. The highest BCUT2D eigenvalue weighted by atomic mass is 79.9. The smallest absolute Gasteiger partial charge is 0.251 e. The SMILES string of the molecule is CC(C)CC(O)CNC(=O)c1ccc(Br)c(O)c1. The van der Waals surface area contributed by atoms with Crippen LogP contribution in [0, 0.1) is 5.92 Å². The van der Waals surface area contributed by atoms with Gasteiger partial charge < -0.3 is 15.5 Å². The zero-order chi connectivity index (χ0) is 13.7. The number of hydrogen-bond acceptors (Lipinski definition) is 3. The third kappa shape index (κ3) is 4.66. The van der Waals surface area contributed by atoms with Crippen LogP contribution in [0.25, 0.3) is 0 Å². The van der Waals surface area contributed by atoms with E-state index in [4.69, 9.17) is 0 Å². The largest absolute Gasteiger partial charge is 0.507 e. The molecule has 1 rings (SSSR count). The second-order valence-electron chi connectivity index (χ2n) is 4.66. The first kappa shape index (κ1) is 15.0. The Hall–Kier alpha value is -1.07. The van der Waals surface area contributed by atoms with Gasteiger partial charge in [0.2, 0.25) is 0 Å². The van der Waals surface area contributed by atoms with E-state index in [0.717, 1.165) is 0 Å². The van der Waals surface area contributed by atoms with Crippen molar-refractivity contribution >= 4 is 21.8 Å². The molecule has 0 saturated heterocycles. The van der Waals surface area contributed by atoms with E-state index in [1.807, 2.05) is 13.8 Å². The maximum atomic E-state index is 11.7. The van der Waals surface area contributed by atoms with Gasteiger partial charge >= 0.3 is 0 Å². The lowest BCUT2D eigenvalue weighted by atomic mass is 10.1. The Bertz CT molecular complexity index is 421.